The van der Waals surface area contributed by atoms with E-state index < -0.39 is 0 Å². The fourth-order valence-corrected chi connectivity index (χ4v) is 4.58. The second-order valence-corrected chi connectivity index (χ2v) is 6.63. The van der Waals surface area contributed by atoms with Gasteiger partial charge < -0.3 is 10.5 Å². The first-order chi connectivity index (χ1) is 10.1. The highest BCUT2D eigenvalue weighted by atomic mass is 16.5. The van der Waals surface area contributed by atoms with Gasteiger partial charge in [-0.05, 0) is 31.6 Å². The quantitative estimate of drug-likeness (QED) is 0.750. The van der Waals surface area contributed by atoms with E-state index in [0.29, 0.717) is 23.7 Å². The van der Waals surface area contributed by atoms with Crippen molar-refractivity contribution in [1.82, 2.24) is 0 Å². The zero-order valence-corrected chi connectivity index (χ0v) is 11.9. The van der Waals surface area contributed by atoms with Gasteiger partial charge in [-0.15, -0.1) is 0 Å². The SMILES string of the molecule is N#CC1=C(N)OC2=C(C(=O)CCC2)[C@H]1[C@]12C=C[C@@H](CC1)C2. The number of nitrogens with two attached hydrogens (primary N) is 1. The van der Waals surface area contributed by atoms with Crippen molar-refractivity contribution >= 4 is 5.78 Å². The van der Waals surface area contributed by atoms with Gasteiger partial charge in [-0.2, -0.15) is 5.26 Å². The molecule has 0 aromatic heterocycles. The van der Waals surface area contributed by atoms with E-state index in [1.807, 2.05) is 0 Å². The lowest BCUT2D eigenvalue weighted by Gasteiger charge is -2.39. The minimum atomic E-state index is -0.192. The second kappa shape index (κ2) is 4.24. The minimum absolute atomic E-state index is 0.0995. The van der Waals surface area contributed by atoms with Gasteiger partial charge >= 0.3 is 0 Å². The van der Waals surface area contributed by atoms with Gasteiger partial charge in [-0.3, -0.25) is 4.79 Å². The third-order valence-corrected chi connectivity index (χ3v) is 5.50. The van der Waals surface area contributed by atoms with Gasteiger partial charge in [0.2, 0.25) is 5.88 Å². The number of carbonyl (C=O) groups excluding carboxylic acids is 1. The van der Waals surface area contributed by atoms with Crippen molar-refractivity contribution in [3.8, 4) is 6.07 Å². The normalized spacial score (nSPS) is 37.6. The standard InChI is InChI=1S/C17H18N2O2/c18-9-11-15(17-6-4-10(8-17)5-7-17)14-12(20)2-1-3-13(14)21-16(11)19/h4,6,10,15H,1-3,5,7-8,19H2/t10-,15-,17+/m0/s1. The van der Waals surface area contributed by atoms with Crippen LogP contribution in [0.3, 0.4) is 0 Å². The number of rotatable bonds is 1. The van der Waals surface area contributed by atoms with Gasteiger partial charge in [0, 0.05) is 29.7 Å². The van der Waals surface area contributed by atoms with Crippen molar-refractivity contribution in [2.45, 2.75) is 38.5 Å². The van der Waals surface area contributed by atoms with E-state index in [1.165, 1.54) is 0 Å². The van der Waals surface area contributed by atoms with Crippen LogP contribution in [0.25, 0.3) is 0 Å². The summed E-state index contributed by atoms with van der Waals surface area (Å²) in [5.41, 5.74) is 7.08. The Morgan fingerprint density at radius 3 is 2.90 bits per heavy atom. The lowest BCUT2D eigenvalue weighted by Crippen LogP contribution is -2.37. The Morgan fingerprint density at radius 2 is 2.29 bits per heavy atom. The molecule has 0 amide bonds. The van der Waals surface area contributed by atoms with Crippen LogP contribution in [0.5, 0.6) is 0 Å². The monoisotopic (exact) mass is 282 g/mol. The third kappa shape index (κ3) is 1.64. The summed E-state index contributed by atoms with van der Waals surface area (Å²) in [6, 6.07) is 2.22. The van der Waals surface area contributed by atoms with Gasteiger partial charge in [0.1, 0.15) is 11.8 Å². The second-order valence-electron chi connectivity index (χ2n) is 6.63. The molecule has 1 saturated carbocycles. The maximum atomic E-state index is 12.5. The van der Waals surface area contributed by atoms with Gasteiger partial charge in [0.15, 0.2) is 5.78 Å². The summed E-state index contributed by atoms with van der Waals surface area (Å²) in [4.78, 5) is 12.5. The molecule has 0 radical (unpaired) electrons. The lowest BCUT2D eigenvalue weighted by molar-refractivity contribution is -0.117. The molecule has 4 aliphatic rings. The largest absolute Gasteiger partial charge is 0.444 e. The molecule has 0 spiro atoms. The molecule has 2 N–H and O–H groups in total. The first-order valence-corrected chi connectivity index (χ1v) is 7.68. The van der Waals surface area contributed by atoms with E-state index in [4.69, 9.17) is 10.5 Å². The molecule has 3 aliphatic carbocycles. The van der Waals surface area contributed by atoms with Gasteiger partial charge in [-0.1, -0.05) is 12.2 Å². The molecule has 2 bridgehead atoms. The van der Waals surface area contributed by atoms with Crippen molar-refractivity contribution in [2.75, 3.05) is 0 Å². The van der Waals surface area contributed by atoms with Crippen molar-refractivity contribution < 1.29 is 9.53 Å². The van der Waals surface area contributed by atoms with Crippen LogP contribution in [0.4, 0.5) is 0 Å². The zero-order valence-electron chi connectivity index (χ0n) is 11.9. The predicted molar refractivity (Wildman–Crippen MR) is 76.2 cm³/mol. The van der Waals surface area contributed by atoms with Crippen molar-refractivity contribution in [2.24, 2.45) is 23.0 Å². The van der Waals surface area contributed by atoms with Gasteiger partial charge in [0.25, 0.3) is 0 Å². The number of nitrogens with zero attached hydrogens (tertiary/aromatic N) is 1. The molecular formula is C17H18N2O2. The Labute approximate surface area is 123 Å². The van der Waals surface area contributed by atoms with Gasteiger partial charge in [-0.25, -0.2) is 0 Å². The molecule has 4 rings (SSSR count). The first-order valence-electron chi connectivity index (χ1n) is 7.68. The van der Waals surface area contributed by atoms with Crippen molar-refractivity contribution in [1.29, 1.82) is 5.26 Å². The smallest absolute Gasteiger partial charge is 0.204 e. The fraction of sp³-hybridized carbons (Fsp3) is 0.529. The van der Waals surface area contributed by atoms with Crippen LogP contribution in [0.2, 0.25) is 0 Å². The average molecular weight is 282 g/mol. The molecule has 0 aromatic carbocycles. The summed E-state index contributed by atoms with van der Waals surface area (Å²) in [6.07, 6.45) is 9.79. The number of hydrogen-bond donors (Lipinski definition) is 1. The maximum Gasteiger partial charge on any atom is 0.204 e. The molecule has 0 unspecified atom stereocenters. The minimum Gasteiger partial charge on any atom is -0.444 e. The van der Waals surface area contributed by atoms with Gasteiger partial charge in [0.05, 0.1) is 5.57 Å². The lowest BCUT2D eigenvalue weighted by atomic mass is 9.65. The Bertz CT molecular complexity index is 665. The van der Waals surface area contributed by atoms with E-state index >= 15 is 0 Å². The molecule has 21 heavy (non-hydrogen) atoms. The Hall–Kier alpha value is -2.02. The molecule has 4 nitrogen and oxygen atoms in total. The molecule has 4 heteroatoms. The molecule has 1 fully saturated rings. The highest BCUT2D eigenvalue weighted by Gasteiger charge is 2.53. The van der Waals surface area contributed by atoms with E-state index in [-0.39, 0.29) is 23.0 Å². The van der Waals surface area contributed by atoms with Crippen LogP contribution in [0, 0.1) is 28.6 Å². The number of Topliss-reactive ketones (excluding diaryl/α,β-unsaturated/α-hetero) is 1. The number of nitriles is 1. The number of fused-ring (bicyclic) bond motifs is 2. The van der Waals surface area contributed by atoms with E-state index in [2.05, 4.69) is 18.2 Å². The first kappa shape index (κ1) is 12.7. The van der Waals surface area contributed by atoms with Crippen LogP contribution in [0.15, 0.2) is 34.9 Å². The topological polar surface area (TPSA) is 76.1 Å². The number of allylic oxidation sites excluding steroid dienone is 5. The summed E-state index contributed by atoms with van der Waals surface area (Å²) in [5.74, 6) is 1.46. The Kier molecular flexibility index (Phi) is 2.56. The summed E-state index contributed by atoms with van der Waals surface area (Å²) < 4.78 is 5.63. The van der Waals surface area contributed by atoms with Crippen LogP contribution >= 0.6 is 0 Å². The summed E-state index contributed by atoms with van der Waals surface area (Å²) >= 11 is 0. The van der Waals surface area contributed by atoms with E-state index in [9.17, 15) is 10.1 Å². The zero-order chi connectivity index (χ0) is 14.6. The summed E-state index contributed by atoms with van der Waals surface area (Å²) in [6.45, 7) is 0. The predicted octanol–water partition coefficient (Wildman–Crippen LogP) is 2.69. The Balaban J connectivity index is 1.89. The van der Waals surface area contributed by atoms with Crippen molar-refractivity contribution in [3.05, 3.63) is 34.9 Å². The highest BCUT2D eigenvalue weighted by Crippen LogP contribution is 2.59. The molecule has 0 aromatic rings. The summed E-state index contributed by atoms with van der Waals surface area (Å²) in [5, 5.41) is 9.57. The summed E-state index contributed by atoms with van der Waals surface area (Å²) in [7, 11) is 0. The van der Waals surface area contributed by atoms with Crippen LogP contribution < -0.4 is 5.73 Å². The molecule has 1 heterocycles. The fourth-order valence-electron chi connectivity index (χ4n) is 4.58. The number of carbonyl (C=O) groups is 1. The van der Waals surface area contributed by atoms with Crippen LogP contribution in [-0.4, -0.2) is 5.78 Å². The number of ether oxygens (including phenoxy) is 1. The number of ketones is 1. The Morgan fingerprint density at radius 1 is 1.43 bits per heavy atom. The molecule has 3 atom stereocenters. The molecule has 108 valence electrons. The molecule has 1 aliphatic heterocycles. The average Bonchev–Trinajstić information content (AvgIpc) is 3.07. The van der Waals surface area contributed by atoms with Crippen LogP contribution in [0.1, 0.15) is 38.5 Å². The van der Waals surface area contributed by atoms with Crippen LogP contribution in [-0.2, 0) is 9.53 Å². The van der Waals surface area contributed by atoms with Crippen molar-refractivity contribution in [3.63, 3.8) is 0 Å². The third-order valence-electron chi connectivity index (χ3n) is 5.50. The number of hydrogen-bond acceptors (Lipinski definition) is 4. The maximum absolute atomic E-state index is 12.5. The van der Waals surface area contributed by atoms with E-state index in [0.717, 1.165) is 37.7 Å². The van der Waals surface area contributed by atoms with E-state index in [1.54, 1.807) is 0 Å². The molecular weight excluding hydrogens is 264 g/mol. The highest BCUT2D eigenvalue weighted by molar-refractivity contribution is 5.98. The molecule has 0 saturated heterocycles.